The van der Waals surface area contributed by atoms with Gasteiger partial charge in [-0.05, 0) is 12.1 Å². The molecule has 4 nitrogen and oxygen atoms in total. The molecule has 0 amide bonds. The van der Waals surface area contributed by atoms with Crippen LogP contribution in [-0.4, -0.2) is 6.16 Å². The molecule has 0 bridgehead atoms. The third kappa shape index (κ3) is 1.07. The van der Waals surface area contributed by atoms with Gasteiger partial charge in [0.1, 0.15) is 12.4 Å². The van der Waals surface area contributed by atoms with Crippen molar-refractivity contribution in [2.45, 2.75) is 6.61 Å². The van der Waals surface area contributed by atoms with E-state index in [9.17, 15) is 4.79 Å². The van der Waals surface area contributed by atoms with Crippen LogP contribution in [0.3, 0.4) is 0 Å². The van der Waals surface area contributed by atoms with Gasteiger partial charge < -0.3 is 15.2 Å². The number of carbonyl (C=O) groups excluding carboxylic acids is 1. The fourth-order valence-electron chi connectivity index (χ4n) is 1.04. The monoisotopic (exact) mass is 165 g/mol. The van der Waals surface area contributed by atoms with Crippen LogP contribution >= 0.6 is 0 Å². The highest BCUT2D eigenvalue weighted by molar-refractivity contribution is 5.67. The van der Waals surface area contributed by atoms with Crippen LogP contribution in [0.25, 0.3) is 0 Å². The zero-order valence-corrected chi connectivity index (χ0v) is 6.24. The molecule has 0 spiro atoms. The Kier molecular flexibility index (Phi) is 1.40. The summed E-state index contributed by atoms with van der Waals surface area (Å²) < 4.78 is 9.41. The standard InChI is InChI=1S/C8H7NO3/c9-6-2-1-5-4-11-8(10)12-7(5)3-6/h1-3H,4,9H2. The highest BCUT2D eigenvalue weighted by atomic mass is 16.7. The molecule has 62 valence electrons. The van der Waals surface area contributed by atoms with E-state index in [4.69, 9.17) is 10.5 Å². The van der Waals surface area contributed by atoms with Gasteiger partial charge in [0.15, 0.2) is 0 Å². The Morgan fingerprint density at radius 3 is 3.08 bits per heavy atom. The summed E-state index contributed by atoms with van der Waals surface area (Å²) in [5.74, 6) is 0.492. The molecule has 0 aromatic heterocycles. The number of benzene rings is 1. The van der Waals surface area contributed by atoms with E-state index in [2.05, 4.69) is 4.74 Å². The maximum atomic E-state index is 10.7. The molecule has 0 fully saturated rings. The van der Waals surface area contributed by atoms with Crippen molar-refractivity contribution in [3.8, 4) is 5.75 Å². The SMILES string of the molecule is Nc1ccc2c(c1)OC(=O)OC2. The molecule has 0 unspecified atom stereocenters. The lowest BCUT2D eigenvalue weighted by molar-refractivity contribution is 0.0786. The average molecular weight is 165 g/mol. The molecule has 4 heteroatoms. The molecule has 0 radical (unpaired) electrons. The van der Waals surface area contributed by atoms with Crippen molar-refractivity contribution < 1.29 is 14.3 Å². The molecule has 2 N–H and O–H groups in total. The van der Waals surface area contributed by atoms with E-state index < -0.39 is 6.16 Å². The van der Waals surface area contributed by atoms with Crippen molar-refractivity contribution in [3.05, 3.63) is 23.8 Å². The number of cyclic esters (lactones) is 1. The third-order valence-corrected chi connectivity index (χ3v) is 1.63. The Morgan fingerprint density at radius 2 is 2.25 bits per heavy atom. The molecule has 1 aromatic rings. The summed E-state index contributed by atoms with van der Waals surface area (Å²) in [5, 5.41) is 0. The third-order valence-electron chi connectivity index (χ3n) is 1.63. The van der Waals surface area contributed by atoms with Crippen molar-refractivity contribution in [1.82, 2.24) is 0 Å². The molecule has 0 aliphatic carbocycles. The van der Waals surface area contributed by atoms with Gasteiger partial charge in [0.05, 0.1) is 0 Å². The minimum absolute atomic E-state index is 0.258. The van der Waals surface area contributed by atoms with Gasteiger partial charge in [-0.15, -0.1) is 0 Å². The second-order valence-electron chi connectivity index (χ2n) is 2.51. The lowest BCUT2D eigenvalue weighted by atomic mass is 10.2. The molecule has 2 rings (SSSR count). The Morgan fingerprint density at radius 1 is 1.42 bits per heavy atom. The van der Waals surface area contributed by atoms with E-state index >= 15 is 0 Å². The number of carbonyl (C=O) groups is 1. The first-order valence-electron chi connectivity index (χ1n) is 3.49. The largest absolute Gasteiger partial charge is 0.514 e. The van der Waals surface area contributed by atoms with Gasteiger partial charge in [0.2, 0.25) is 0 Å². The number of ether oxygens (including phenoxy) is 2. The number of hydrogen-bond donors (Lipinski definition) is 1. The number of anilines is 1. The Balaban J connectivity index is 2.44. The van der Waals surface area contributed by atoms with Gasteiger partial charge in [0, 0.05) is 17.3 Å². The van der Waals surface area contributed by atoms with E-state index in [-0.39, 0.29) is 6.61 Å². The normalized spacial score (nSPS) is 14.5. The summed E-state index contributed by atoms with van der Waals surface area (Å²) >= 11 is 0. The minimum atomic E-state index is -0.673. The van der Waals surface area contributed by atoms with Crippen LogP contribution in [0.15, 0.2) is 18.2 Å². The predicted octanol–water partition coefficient (Wildman–Crippen LogP) is 1.30. The topological polar surface area (TPSA) is 61.5 Å². The van der Waals surface area contributed by atoms with Gasteiger partial charge in [-0.25, -0.2) is 4.79 Å². The molecule has 1 heterocycles. The number of nitrogen functional groups attached to an aromatic ring is 1. The molecule has 0 saturated heterocycles. The van der Waals surface area contributed by atoms with Crippen LogP contribution in [0.5, 0.6) is 5.75 Å². The number of nitrogens with two attached hydrogens (primary N) is 1. The summed E-state index contributed by atoms with van der Waals surface area (Å²) in [4.78, 5) is 10.7. The van der Waals surface area contributed by atoms with Gasteiger partial charge >= 0.3 is 6.16 Å². The van der Waals surface area contributed by atoms with E-state index in [1.165, 1.54) is 0 Å². The highest BCUT2D eigenvalue weighted by Gasteiger charge is 2.17. The fraction of sp³-hybridized carbons (Fsp3) is 0.125. The van der Waals surface area contributed by atoms with Crippen molar-refractivity contribution in [2.24, 2.45) is 0 Å². The number of fused-ring (bicyclic) bond motifs is 1. The molecule has 1 aliphatic heterocycles. The molecular formula is C8H7NO3. The molecule has 0 atom stereocenters. The zero-order valence-electron chi connectivity index (χ0n) is 6.24. The smallest absolute Gasteiger partial charge is 0.429 e. The predicted molar refractivity (Wildman–Crippen MR) is 41.7 cm³/mol. The fourth-order valence-corrected chi connectivity index (χ4v) is 1.04. The average Bonchev–Trinajstić information content (AvgIpc) is 2.03. The van der Waals surface area contributed by atoms with Gasteiger partial charge in [0.25, 0.3) is 0 Å². The second kappa shape index (κ2) is 2.41. The summed E-state index contributed by atoms with van der Waals surface area (Å²) in [6.07, 6.45) is -0.673. The lowest BCUT2D eigenvalue weighted by Crippen LogP contribution is -2.17. The maximum Gasteiger partial charge on any atom is 0.514 e. The first-order chi connectivity index (χ1) is 5.75. The van der Waals surface area contributed by atoms with Gasteiger partial charge in [-0.2, -0.15) is 0 Å². The van der Waals surface area contributed by atoms with Crippen LogP contribution in [0, 0.1) is 0 Å². The highest BCUT2D eigenvalue weighted by Crippen LogP contribution is 2.26. The number of rotatable bonds is 0. The quantitative estimate of drug-likeness (QED) is 0.357. The molecule has 1 aromatic carbocycles. The van der Waals surface area contributed by atoms with Crippen molar-refractivity contribution in [3.63, 3.8) is 0 Å². The second-order valence-corrected chi connectivity index (χ2v) is 2.51. The van der Waals surface area contributed by atoms with Crippen LogP contribution in [-0.2, 0) is 11.3 Å². The van der Waals surface area contributed by atoms with E-state index in [1.54, 1.807) is 18.2 Å². The Hall–Kier alpha value is -1.71. The lowest BCUT2D eigenvalue weighted by Gasteiger charge is -2.15. The minimum Gasteiger partial charge on any atom is -0.429 e. The van der Waals surface area contributed by atoms with Crippen LogP contribution in [0.4, 0.5) is 10.5 Å². The summed E-state index contributed by atoms with van der Waals surface area (Å²) in [5.41, 5.74) is 6.90. The van der Waals surface area contributed by atoms with Gasteiger partial charge in [-0.1, -0.05) is 0 Å². The van der Waals surface area contributed by atoms with Crippen molar-refractivity contribution in [1.29, 1.82) is 0 Å². The van der Waals surface area contributed by atoms with Crippen molar-refractivity contribution >= 4 is 11.8 Å². The van der Waals surface area contributed by atoms with Crippen LogP contribution in [0.2, 0.25) is 0 Å². The zero-order chi connectivity index (χ0) is 8.55. The van der Waals surface area contributed by atoms with E-state index in [0.717, 1.165) is 5.56 Å². The Bertz CT molecular complexity index is 335. The van der Waals surface area contributed by atoms with Gasteiger partial charge in [-0.3, -0.25) is 0 Å². The summed E-state index contributed by atoms with van der Waals surface area (Å²) in [6, 6.07) is 5.12. The van der Waals surface area contributed by atoms with E-state index in [1.807, 2.05) is 0 Å². The van der Waals surface area contributed by atoms with Crippen molar-refractivity contribution in [2.75, 3.05) is 5.73 Å². The molecule has 12 heavy (non-hydrogen) atoms. The van der Waals surface area contributed by atoms with Crippen LogP contribution in [0.1, 0.15) is 5.56 Å². The van der Waals surface area contributed by atoms with E-state index in [0.29, 0.717) is 11.4 Å². The first-order valence-corrected chi connectivity index (χ1v) is 3.49. The summed E-state index contributed by atoms with van der Waals surface area (Å²) in [6.45, 7) is 0.258. The maximum absolute atomic E-state index is 10.7. The van der Waals surface area contributed by atoms with Crippen LogP contribution < -0.4 is 10.5 Å². The molecular weight excluding hydrogens is 158 g/mol. The first kappa shape index (κ1) is 6.97. The number of hydrogen-bond acceptors (Lipinski definition) is 4. The molecule has 1 aliphatic rings. The molecule has 0 saturated carbocycles. The summed E-state index contributed by atoms with van der Waals surface area (Å²) in [7, 11) is 0. The Labute approximate surface area is 68.9 Å².